The van der Waals surface area contributed by atoms with Crippen LogP contribution in [0.1, 0.15) is 38.5 Å². The number of hydrogen-bond donors (Lipinski definition) is 1. The molecule has 82 valence electrons. The maximum atomic E-state index is 8.89. The molecule has 0 bridgehead atoms. The highest BCUT2D eigenvalue weighted by atomic mass is 16.7. The van der Waals surface area contributed by atoms with Crippen LogP contribution in [0, 0.1) is 5.41 Å². The van der Waals surface area contributed by atoms with Gasteiger partial charge in [0, 0.05) is 13.2 Å². The predicted molar refractivity (Wildman–Crippen MR) is 52.9 cm³/mol. The van der Waals surface area contributed by atoms with E-state index in [-0.39, 0.29) is 12.9 Å². The van der Waals surface area contributed by atoms with Crippen LogP contribution in [-0.4, -0.2) is 31.2 Å². The van der Waals surface area contributed by atoms with Gasteiger partial charge < -0.3 is 14.6 Å². The van der Waals surface area contributed by atoms with E-state index in [4.69, 9.17) is 14.6 Å². The summed E-state index contributed by atoms with van der Waals surface area (Å²) in [6.07, 6.45) is 6.76. The van der Waals surface area contributed by atoms with Gasteiger partial charge in [-0.05, 0) is 43.9 Å². The average Bonchev–Trinajstić information content (AvgIpc) is 2.98. The van der Waals surface area contributed by atoms with Crippen molar-refractivity contribution in [3.8, 4) is 0 Å². The lowest BCUT2D eigenvalue weighted by atomic mass is 10.1. The standard InChI is InChI=1S/C11H20O3/c12-7-6-11(4-5-11)9-14-10-3-1-2-8-13-10/h10,12H,1-9H2. The quantitative estimate of drug-likeness (QED) is 0.734. The molecule has 1 N–H and O–H groups in total. The molecule has 0 amide bonds. The average molecular weight is 200 g/mol. The Morgan fingerprint density at radius 2 is 2.21 bits per heavy atom. The minimum absolute atomic E-state index is 0.0277. The van der Waals surface area contributed by atoms with E-state index in [0.717, 1.165) is 26.1 Å². The van der Waals surface area contributed by atoms with Crippen molar-refractivity contribution in [3.05, 3.63) is 0 Å². The van der Waals surface area contributed by atoms with Crippen LogP contribution < -0.4 is 0 Å². The molecule has 1 saturated heterocycles. The smallest absolute Gasteiger partial charge is 0.157 e. The summed E-state index contributed by atoms with van der Waals surface area (Å²) in [5.74, 6) is 0. The van der Waals surface area contributed by atoms with Crippen molar-refractivity contribution in [3.63, 3.8) is 0 Å². The van der Waals surface area contributed by atoms with Crippen LogP contribution in [0.3, 0.4) is 0 Å². The highest BCUT2D eigenvalue weighted by molar-refractivity contribution is 4.92. The molecule has 0 spiro atoms. The Bertz CT molecular complexity index is 171. The summed E-state index contributed by atoms with van der Waals surface area (Å²) in [6, 6.07) is 0. The Morgan fingerprint density at radius 1 is 1.36 bits per heavy atom. The fourth-order valence-corrected chi connectivity index (χ4v) is 1.99. The van der Waals surface area contributed by atoms with Gasteiger partial charge in [0.15, 0.2) is 6.29 Å². The van der Waals surface area contributed by atoms with Crippen molar-refractivity contribution >= 4 is 0 Å². The Hall–Kier alpha value is -0.120. The molecule has 14 heavy (non-hydrogen) atoms. The SMILES string of the molecule is OCCC1(COC2CCCCO2)CC1. The van der Waals surface area contributed by atoms with Crippen LogP contribution in [0.5, 0.6) is 0 Å². The molecule has 1 aliphatic heterocycles. The lowest BCUT2D eigenvalue weighted by Crippen LogP contribution is -2.25. The highest BCUT2D eigenvalue weighted by Crippen LogP contribution is 2.49. The molecule has 0 radical (unpaired) electrons. The first kappa shape index (κ1) is 10.4. The third-order valence-electron chi connectivity index (χ3n) is 3.31. The number of aliphatic hydroxyl groups is 1. The molecule has 1 atom stereocenters. The Kier molecular flexibility index (Phi) is 3.42. The van der Waals surface area contributed by atoms with Crippen molar-refractivity contribution in [1.82, 2.24) is 0 Å². The molecule has 1 aliphatic carbocycles. The van der Waals surface area contributed by atoms with Crippen molar-refractivity contribution < 1.29 is 14.6 Å². The molecule has 2 aliphatic rings. The van der Waals surface area contributed by atoms with Gasteiger partial charge in [-0.2, -0.15) is 0 Å². The lowest BCUT2D eigenvalue weighted by Gasteiger charge is -2.25. The fourth-order valence-electron chi connectivity index (χ4n) is 1.99. The van der Waals surface area contributed by atoms with E-state index >= 15 is 0 Å². The van der Waals surface area contributed by atoms with E-state index in [1.54, 1.807) is 0 Å². The summed E-state index contributed by atoms with van der Waals surface area (Å²) in [6.45, 7) is 1.91. The molecule has 0 aromatic carbocycles. The van der Waals surface area contributed by atoms with E-state index in [9.17, 15) is 0 Å². The van der Waals surface area contributed by atoms with Gasteiger partial charge in [0.1, 0.15) is 0 Å². The van der Waals surface area contributed by atoms with Crippen LogP contribution in [0.4, 0.5) is 0 Å². The molecule has 3 heteroatoms. The van der Waals surface area contributed by atoms with Gasteiger partial charge in [0.25, 0.3) is 0 Å². The van der Waals surface area contributed by atoms with Crippen molar-refractivity contribution in [2.75, 3.05) is 19.8 Å². The van der Waals surface area contributed by atoms with Gasteiger partial charge in [-0.25, -0.2) is 0 Å². The minimum atomic E-state index is 0.0277. The van der Waals surface area contributed by atoms with E-state index in [0.29, 0.717) is 5.41 Å². The molecule has 1 unspecified atom stereocenters. The van der Waals surface area contributed by atoms with Gasteiger partial charge in [-0.1, -0.05) is 0 Å². The Labute approximate surface area is 85.4 Å². The Balaban J connectivity index is 1.65. The van der Waals surface area contributed by atoms with Gasteiger partial charge in [0.2, 0.25) is 0 Å². The maximum Gasteiger partial charge on any atom is 0.157 e. The van der Waals surface area contributed by atoms with E-state index in [2.05, 4.69) is 0 Å². The van der Waals surface area contributed by atoms with E-state index < -0.39 is 0 Å². The van der Waals surface area contributed by atoms with Gasteiger partial charge in [-0.15, -0.1) is 0 Å². The highest BCUT2D eigenvalue weighted by Gasteiger charge is 2.42. The predicted octanol–water partition coefficient (Wildman–Crippen LogP) is 1.69. The molecular formula is C11H20O3. The molecule has 0 aromatic rings. The third-order valence-corrected chi connectivity index (χ3v) is 3.31. The molecule has 1 saturated carbocycles. The normalized spacial score (nSPS) is 30.2. The summed E-state index contributed by atoms with van der Waals surface area (Å²) in [5.41, 5.74) is 0.301. The molecular weight excluding hydrogens is 180 g/mol. The van der Waals surface area contributed by atoms with Crippen molar-refractivity contribution in [2.24, 2.45) is 5.41 Å². The fraction of sp³-hybridized carbons (Fsp3) is 1.00. The summed E-state index contributed by atoms with van der Waals surface area (Å²) >= 11 is 0. The van der Waals surface area contributed by atoms with E-state index in [1.807, 2.05) is 0 Å². The number of aliphatic hydroxyl groups excluding tert-OH is 1. The molecule has 2 fully saturated rings. The summed E-state index contributed by atoms with van der Waals surface area (Å²) < 4.78 is 11.2. The van der Waals surface area contributed by atoms with Crippen LogP contribution >= 0.6 is 0 Å². The number of rotatable bonds is 5. The minimum Gasteiger partial charge on any atom is -0.396 e. The second-order valence-electron chi connectivity index (χ2n) is 4.58. The third kappa shape index (κ3) is 2.69. The zero-order valence-corrected chi connectivity index (χ0v) is 8.71. The number of hydrogen-bond acceptors (Lipinski definition) is 3. The van der Waals surface area contributed by atoms with Crippen LogP contribution in [-0.2, 0) is 9.47 Å². The first-order valence-electron chi connectivity index (χ1n) is 5.69. The van der Waals surface area contributed by atoms with Crippen LogP contribution in [0.15, 0.2) is 0 Å². The van der Waals surface area contributed by atoms with Crippen molar-refractivity contribution in [1.29, 1.82) is 0 Å². The topological polar surface area (TPSA) is 38.7 Å². The van der Waals surface area contributed by atoms with Crippen molar-refractivity contribution in [2.45, 2.75) is 44.8 Å². The molecule has 0 aromatic heterocycles. The first-order chi connectivity index (χ1) is 6.85. The summed E-state index contributed by atoms with van der Waals surface area (Å²) in [5, 5.41) is 8.89. The second-order valence-corrected chi connectivity index (χ2v) is 4.58. The molecule has 3 nitrogen and oxygen atoms in total. The monoisotopic (exact) mass is 200 g/mol. The number of ether oxygens (including phenoxy) is 2. The van der Waals surface area contributed by atoms with Gasteiger partial charge >= 0.3 is 0 Å². The lowest BCUT2D eigenvalue weighted by molar-refractivity contribution is -0.172. The van der Waals surface area contributed by atoms with Gasteiger partial charge in [0.05, 0.1) is 6.61 Å². The van der Waals surface area contributed by atoms with Crippen LogP contribution in [0.25, 0.3) is 0 Å². The zero-order valence-electron chi connectivity index (χ0n) is 8.71. The first-order valence-corrected chi connectivity index (χ1v) is 5.69. The summed E-state index contributed by atoms with van der Waals surface area (Å²) in [4.78, 5) is 0. The second kappa shape index (κ2) is 4.60. The van der Waals surface area contributed by atoms with Crippen LogP contribution in [0.2, 0.25) is 0 Å². The van der Waals surface area contributed by atoms with E-state index in [1.165, 1.54) is 25.7 Å². The van der Waals surface area contributed by atoms with Gasteiger partial charge in [-0.3, -0.25) is 0 Å². The summed E-state index contributed by atoms with van der Waals surface area (Å²) in [7, 11) is 0. The molecule has 1 heterocycles. The maximum absolute atomic E-state index is 8.89. The largest absolute Gasteiger partial charge is 0.396 e. The zero-order chi connectivity index (χ0) is 9.86. The molecule has 2 rings (SSSR count). The Morgan fingerprint density at radius 3 is 2.79 bits per heavy atom.